The number of benzene rings is 1. The van der Waals surface area contributed by atoms with Crippen molar-refractivity contribution in [3.63, 3.8) is 0 Å². The summed E-state index contributed by atoms with van der Waals surface area (Å²) in [5, 5.41) is 0. The summed E-state index contributed by atoms with van der Waals surface area (Å²) in [5.74, 6) is 0.215. The summed E-state index contributed by atoms with van der Waals surface area (Å²) in [6.45, 7) is 3.59. The molecule has 1 amide bonds. The summed E-state index contributed by atoms with van der Waals surface area (Å²) in [4.78, 5) is 14.2. The maximum atomic E-state index is 12.2. The molecule has 0 radical (unpaired) electrons. The van der Waals surface area contributed by atoms with Crippen LogP contribution in [0.3, 0.4) is 0 Å². The Morgan fingerprint density at radius 1 is 1.32 bits per heavy atom. The van der Waals surface area contributed by atoms with Crippen LogP contribution >= 0.6 is 12.4 Å². The Kier molecular flexibility index (Phi) is 6.32. The summed E-state index contributed by atoms with van der Waals surface area (Å²) in [5.41, 5.74) is 8.11. The molecule has 1 fully saturated rings. The van der Waals surface area contributed by atoms with E-state index in [1.165, 1.54) is 5.56 Å². The lowest BCUT2D eigenvalue weighted by molar-refractivity contribution is -0.131. The summed E-state index contributed by atoms with van der Waals surface area (Å²) in [7, 11) is 0. The summed E-state index contributed by atoms with van der Waals surface area (Å²) in [6.07, 6.45) is 3.68. The maximum absolute atomic E-state index is 12.2. The number of carbonyl (C=O) groups excluding carboxylic acids is 1. The van der Waals surface area contributed by atoms with Crippen LogP contribution in [0, 0.1) is 0 Å². The first-order chi connectivity index (χ1) is 8.74. The Hall–Kier alpha value is -1.06. The van der Waals surface area contributed by atoms with E-state index >= 15 is 0 Å². The van der Waals surface area contributed by atoms with Crippen LogP contribution in [0.25, 0.3) is 0 Å². The van der Waals surface area contributed by atoms with Crippen LogP contribution in [0.5, 0.6) is 0 Å². The highest BCUT2D eigenvalue weighted by Crippen LogP contribution is 2.18. The topological polar surface area (TPSA) is 46.3 Å². The van der Waals surface area contributed by atoms with Crippen molar-refractivity contribution < 1.29 is 4.79 Å². The second-order valence-corrected chi connectivity index (χ2v) is 4.97. The Labute approximate surface area is 121 Å². The second kappa shape index (κ2) is 7.51. The van der Waals surface area contributed by atoms with E-state index < -0.39 is 0 Å². The molecule has 0 bridgehead atoms. The third kappa shape index (κ3) is 3.95. The third-order valence-electron chi connectivity index (χ3n) is 3.76. The van der Waals surface area contributed by atoms with Gasteiger partial charge in [0, 0.05) is 19.1 Å². The average molecular weight is 283 g/mol. The predicted octanol–water partition coefficient (Wildman–Crippen LogP) is 2.16. The SMILES string of the molecule is CCc1ccc(CC(=O)N2CCCC2CN)cc1.Cl. The molecule has 4 heteroatoms. The van der Waals surface area contributed by atoms with Crippen molar-refractivity contribution in [2.45, 2.75) is 38.6 Å². The lowest BCUT2D eigenvalue weighted by atomic mass is 10.1. The predicted molar refractivity (Wildman–Crippen MR) is 80.6 cm³/mol. The molecule has 2 N–H and O–H groups in total. The first-order valence-electron chi connectivity index (χ1n) is 6.82. The highest BCUT2D eigenvalue weighted by Gasteiger charge is 2.27. The second-order valence-electron chi connectivity index (χ2n) is 4.97. The quantitative estimate of drug-likeness (QED) is 0.920. The maximum Gasteiger partial charge on any atom is 0.227 e. The minimum absolute atomic E-state index is 0. The Morgan fingerprint density at radius 2 is 1.95 bits per heavy atom. The van der Waals surface area contributed by atoms with E-state index in [9.17, 15) is 4.79 Å². The lowest BCUT2D eigenvalue weighted by Crippen LogP contribution is -2.40. The fraction of sp³-hybridized carbons (Fsp3) is 0.533. The molecule has 1 aliphatic rings. The van der Waals surface area contributed by atoms with E-state index in [0.717, 1.165) is 31.4 Å². The molecule has 1 unspecified atom stereocenters. The number of halogens is 1. The standard InChI is InChI=1S/C15H22N2O.ClH/c1-2-12-5-7-13(8-6-12)10-15(18)17-9-3-4-14(17)11-16;/h5-8,14H,2-4,9-11,16H2,1H3;1H. The Bertz CT molecular complexity index is 405. The smallest absolute Gasteiger partial charge is 0.227 e. The summed E-state index contributed by atoms with van der Waals surface area (Å²) in [6, 6.07) is 8.58. The molecule has 0 spiro atoms. The van der Waals surface area contributed by atoms with Crippen molar-refractivity contribution in [2.24, 2.45) is 5.73 Å². The van der Waals surface area contributed by atoms with Crippen molar-refractivity contribution in [3.8, 4) is 0 Å². The van der Waals surface area contributed by atoms with Crippen LogP contribution in [0.4, 0.5) is 0 Å². The van der Waals surface area contributed by atoms with Gasteiger partial charge in [0.15, 0.2) is 0 Å². The lowest BCUT2D eigenvalue weighted by Gasteiger charge is -2.23. The van der Waals surface area contributed by atoms with Gasteiger partial charge in [-0.05, 0) is 30.4 Å². The van der Waals surface area contributed by atoms with E-state index in [2.05, 4.69) is 31.2 Å². The molecular formula is C15H23ClN2O. The number of aryl methyl sites for hydroxylation is 1. The van der Waals surface area contributed by atoms with Gasteiger partial charge in [0.2, 0.25) is 5.91 Å². The van der Waals surface area contributed by atoms with E-state index in [1.807, 2.05) is 4.90 Å². The van der Waals surface area contributed by atoms with Gasteiger partial charge in [0.25, 0.3) is 0 Å². The zero-order chi connectivity index (χ0) is 13.0. The summed E-state index contributed by atoms with van der Waals surface area (Å²) < 4.78 is 0. The van der Waals surface area contributed by atoms with Crippen molar-refractivity contribution >= 4 is 18.3 Å². The van der Waals surface area contributed by atoms with Gasteiger partial charge in [-0.1, -0.05) is 31.2 Å². The molecule has 3 nitrogen and oxygen atoms in total. The molecule has 0 aliphatic carbocycles. The monoisotopic (exact) mass is 282 g/mol. The van der Waals surface area contributed by atoms with E-state index in [-0.39, 0.29) is 24.4 Å². The first kappa shape index (κ1) is 16.0. The van der Waals surface area contributed by atoms with Gasteiger partial charge in [-0.15, -0.1) is 12.4 Å². The molecule has 0 saturated carbocycles. The van der Waals surface area contributed by atoms with Crippen LogP contribution in [0.1, 0.15) is 30.9 Å². The largest absolute Gasteiger partial charge is 0.338 e. The molecule has 0 aromatic heterocycles. The fourth-order valence-electron chi connectivity index (χ4n) is 2.58. The molecular weight excluding hydrogens is 260 g/mol. The minimum atomic E-state index is 0. The first-order valence-corrected chi connectivity index (χ1v) is 6.82. The number of nitrogens with two attached hydrogens (primary N) is 1. The number of nitrogens with zero attached hydrogens (tertiary/aromatic N) is 1. The van der Waals surface area contributed by atoms with Crippen LogP contribution in [0.15, 0.2) is 24.3 Å². The number of rotatable bonds is 4. The van der Waals surface area contributed by atoms with Gasteiger partial charge in [-0.2, -0.15) is 0 Å². The summed E-state index contributed by atoms with van der Waals surface area (Å²) >= 11 is 0. The number of carbonyl (C=O) groups is 1. The van der Waals surface area contributed by atoms with Gasteiger partial charge >= 0.3 is 0 Å². The zero-order valence-corrected chi connectivity index (χ0v) is 12.3. The fourth-order valence-corrected chi connectivity index (χ4v) is 2.58. The molecule has 2 rings (SSSR count). The van der Waals surface area contributed by atoms with Crippen molar-refractivity contribution in [2.75, 3.05) is 13.1 Å². The zero-order valence-electron chi connectivity index (χ0n) is 11.5. The molecule has 19 heavy (non-hydrogen) atoms. The number of amides is 1. The number of hydrogen-bond acceptors (Lipinski definition) is 2. The van der Waals surface area contributed by atoms with Crippen molar-refractivity contribution in [3.05, 3.63) is 35.4 Å². The van der Waals surface area contributed by atoms with Gasteiger partial charge < -0.3 is 10.6 Å². The van der Waals surface area contributed by atoms with Crippen LogP contribution < -0.4 is 5.73 Å². The molecule has 1 aliphatic heterocycles. The van der Waals surface area contributed by atoms with Crippen LogP contribution in [-0.2, 0) is 17.6 Å². The van der Waals surface area contributed by atoms with Gasteiger partial charge in [0.05, 0.1) is 6.42 Å². The van der Waals surface area contributed by atoms with E-state index in [1.54, 1.807) is 0 Å². The molecule has 106 valence electrons. The van der Waals surface area contributed by atoms with Gasteiger partial charge in [-0.3, -0.25) is 4.79 Å². The van der Waals surface area contributed by atoms with E-state index in [4.69, 9.17) is 5.73 Å². The molecule has 1 aromatic rings. The highest BCUT2D eigenvalue weighted by molar-refractivity contribution is 5.85. The van der Waals surface area contributed by atoms with Crippen molar-refractivity contribution in [1.29, 1.82) is 0 Å². The van der Waals surface area contributed by atoms with Gasteiger partial charge in [0.1, 0.15) is 0 Å². The number of likely N-dealkylation sites (tertiary alicyclic amines) is 1. The average Bonchev–Trinajstić information content (AvgIpc) is 2.88. The minimum Gasteiger partial charge on any atom is -0.338 e. The molecule has 1 saturated heterocycles. The Morgan fingerprint density at radius 3 is 2.53 bits per heavy atom. The molecule has 1 heterocycles. The number of hydrogen-bond donors (Lipinski definition) is 1. The van der Waals surface area contributed by atoms with E-state index in [0.29, 0.717) is 13.0 Å². The molecule has 1 aromatic carbocycles. The Balaban J connectivity index is 0.00000180. The van der Waals surface area contributed by atoms with Gasteiger partial charge in [-0.25, -0.2) is 0 Å². The highest BCUT2D eigenvalue weighted by atomic mass is 35.5. The third-order valence-corrected chi connectivity index (χ3v) is 3.76. The van der Waals surface area contributed by atoms with Crippen LogP contribution in [0.2, 0.25) is 0 Å². The van der Waals surface area contributed by atoms with Crippen LogP contribution in [-0.4, -0.2) is 29.9 Å². The molecule has 1 atom stereocenters. The normalized spacial score (nSPS) is 18.2. The van der Waals surface area contributed by atoms with Crippen molar-refractivity contribution in [1.82, 2.24) is 4.90 Å².